The summed E-state index contributed by atoms with van der Waals surface area (Å²) in [5, 5.41) is 12.9. The number of methoxy groups -OCH3 is 1. The van der Waals surface area contributed by atoms with Gasteiger partial charge in [0, 0.05) is 6.07 Å². The number of nitriles is 1. The first-order valence-electron chi connectivity index (χ1n) is 5.31. The van der Waals surface area contributed by atoms with Crippen LogP contribution >= 0.6 is 0 Å². The zero-order valence-electron chi connectivity index (χ0n) is 10.0. The molecular formula is C13H11N3O2. The van der Waals surface area contributed by atoms with Gasteiger partial charge in [-0.05, 0) is 31.2 Å². The highest BCUT2D eigenvalue weighted by molar-refractivity contribution is 5.38. The summed E-state index contributed by atoms with van der Waals surface area (Å²) in [6.07, 6.45) is 0. The molecule has 1 aromatic heterocycles. The number of hydrogen-bond donors (Lipinski definition) is 0. The maximum Gasteiger partial charge on any atom is 0.272 e. The van der Waals surface area contributed by atoms with Crippen LogP contribution in [-0.4, -0.2) is 16.9 Å². The van der Waals surface area contributed by atoms with Crippen molar-refractivity contribution in [1.82, 2.24) is 9.78 Å². The molecule has 0 aliphatic rings. The third kappa shape index (κ3) is 2.09. The van der Waals surface area contributed by atoms with Crippen LogP contribution in [0.15, 0.2) is 35.1 Å². The summed E-state index contributed by atoms with van der Waals surface area (Å²) < 4.78 is 6.30. The Bertz CT molecular complexity index is 666. The number of hydrogen-bond acceptors (Lipinski definition) is 4. The topological polar surface area (TPSA) is 67.9 Å². The van der Waals surface area contributed by atoms with Crippen molar-refractivity contribution in [3.05, 3.63) is 51.9 Å². The number of aryl methyl sites for hydroxylation is 1. The predicted molar refractivity (Wildman–Crippen MR) is 65.8 cm³/mol. The zero-order valence-corrected chi connectivity index (χ0v) is 10.0. The van der Waals surface area contributed by atoms with E-state index in [2.05, 4.69) is 5.10 Å². The summed E-state index contributed by atoms with van der Waals surface area (Å²) in [4.78, 5) is 11.8. The smallest absolute Gasteiger partial charge is 0.272 e. The van der Waals surface area contributed by atoms with Crippen LogP contribution in [0.1, 0.15) is 11.3 Å². The fraction of sp³-hybridized carbons (Fsp3) is 0.154. The van der Waals surface area contributed by atoms with Crippen molar-refractivity contribution in [3.63, 3.8) is 0 Å². The molecule has 0 aliphatic heterocycles. The van der Waals surface area contributed by atoms with E-state index in [0.29, 0.717) is 22.7 Å². The molecule has 0 aliphatic carbocycles. The molecule has 0 atom stereocenters. The Morgan fingerprint density at radius 3 is 2.56 bits per heavy atom. The van der Waals surface area contributed by atoms with Crippen LogP contribution in [0.3, 0.4) is 0 Å². The molecular weight excluding hydrogens is 230 g/mol. The number of rotatable bonds is 2. The van der Waals surface area contributed by atoms with Crippen LogP contribution in [0, 0.1) is 18.3 Å². The van der Waals surface area contributed by atoms with E-state index in [4.69, 9.17) is 10.00 Å². The van der Waals surface area contributed by atoms with Gasteiger partial charge in [-0.1, -0.05) is 0 Å². The van der Waals surface area contributed by atoms with E-state index in [1.54, 1.807) is 38.3 Å². The van der Waals surface area contributed by atoms with Crippen molar-refractivity contribution >= 4 is 0 Å². The second-order valence-corrected chi connectivity index (χ2v) is 3.70. The van der Waals surface area contributed by atoms with Crippen LogP contribution in [0.25, 0.3) is 5.69 Å². The fourth-order valence-corrected chi connectivity index (χ4v) is 1.56. The second kappa shape index (κ2) is 4.72. The van der Waals surface area contributed by atoms with Gasteiger partial charge in [-0.3, -0.25) is 4.79 Å². The van der Waals surface area contributed by atoms with E-state index < -0.39 is 0 Å². The third-order valence-corrected chi connectivity index (χ3v) is 2.55. The fourth-order valence-electron chi connectivity index (χ4n) is 1.56. The molecule has 18 heavy (non-hydrogen) atoms. The monoisotopic (exact) mass is 241 g/mol. The van der Waals surface area contributed by atoms with Gasteiger partial charge < -0.3 is 4.74 Å². The molecule has 5 heteroatoms. The molecule has 0 spiro atoms. The lowest BCUT2D eigenvalue weighted by Gasteiger charge is -2.07. The quantitative estimate of drug-likeness (QED) is 0.797. The molecule has 0 amide bonds. The molecule has 0 radical (unpaired) electrons. The minimum absolute atomic E-state index is 0.296. The number of benzene rings is 1. The zero-order chi connectivity index (χ0) is 13.1. The van der Waals surface area contributed by atoms with Gasteiger partial charge in [0.2, 0.25) is 0 Å². The van der Waals surface area contributed by atoms with E-state index in [1.807, 2.05) is 6.07 Å². The summed E-state index contributed by atoms with van der Waals surface area (Å²) >= 11 is 0. The minimum Gasteiger partial charge on any atom is -0.497 e. The maximum atomic E-state index is 11.8. The first-order chi connectivity index (χ1) is 8.65. The standard InChI is InChI=1S/C13H11N3O2/c1-9-10(8-14)7-13(17)16(15-9)11-3-5-12(18-2)6-4-11/h3-7H,1-2H3. The van der Waals surface area contributed by atoms with E-state index >= 15 is 0 Å². The van der Waals surface area contributed by atoms with Gasteiger partial charge in [0.25, 0.3) is 5.56 Å². The summed E-state index contributed by atoms with van der Waals surface area (Å²) in [6.45, 7) is 1.69. The molecule has 90 valence electrons. The van der Waals surface area contributed by atoms with Crippen molar-refractivity contribution < 1.29 is 4.74 Å². The highest BCUT2D eigenvalue weighted by atomic mass is 16.5. The minimum atomic E-state index is -0.331. The molecule has 0 bridgehead atoms. The van der Waals surface area contributed by atoms with Crippen LogP contribution < -0.4 is 10.3 Å². The predicted octanol–water partition coefficient (Wildman–Crippen LogP) is 1.42. The largest absolute Gasteiger partial charge is 0.497 e. The summed E-state index contributed by atoms with van der Waals surface area (Å²) in [6, 6.07) is 10.2. The lowest BCUT2D eigenvalue weighted by molar-refractivity contribution is 0.414. The van der Waals surface area contributed by atoms with Gasteiger partial charge in [0.05, 0.1) is 24.1 Å². The highest BCUT2D eigenvalue weighted by Crippen LogP contribution is 2.13. The van der Waals surface area contributed by atoms with Crippen LogP contribution in [0.5, 0.6) is 5.75 Å². The lowest BCUT2D eigenvalue weighted by Crippen LogP contribution is -2.22. The van der Waals surface area contributed by atoms with Crippen LogP contribution in [0.2, 0.25) is 0 Å². The molecule has 5 nitrogen and oxygen atoms in total. The van der Waals surface area contributed by atoms with E-state index in [0.717, 1.165) is 0 Å². The molecule has 0 saturated heterocycles. The molecule has 2 rings (SSSR count). The molecule has 0 unspecified atom stereocenters. The van der Waals surface area contributed by atoms with Crippen molar-refractivity contribution in [3.8, 4) is 17.5 Å². The van der Waals surface area contributed by atoms with Gasteiger partial charge in [0.15, 0.2) is 0 Å². The van der Waals surface area contributed by atoms with E-state index in [1.165, 1.54) is 10.7 Å². The number of aromatic nitrogens is 2. The second-order valence-electron chi connectivity index (χ2n) is 3.70. The van der Waals surface area contributed by atoms with Gasteiger partial charge >= 0.3 is 0 Å². The van der Waals surface area contributed by atoms with Gasteiger partial charge in [-0.15, -0.1) is 0 Å². The van der Waals surface area contributed by atoms with Gasteiger partial charge in [-0.2, -0.15) is 15.0 Å². The van der Waals surface area contributed by atoms with E-state index in [-0.39, 0.29) is 5.56 Å². The molecule has 2 aromatic rings. The first-order valence-corrected chi connectivity index (χ1v) is 5.31. The third-order valence-electron chi connectivity index (χ3n) is 2.55. The van der Waals surface area contributed by atoms with Crippen molar-refractivity contribution in [1.29, 1.82) is 5.26 Å². The SMILES string of the molecule is COc1ccc(-n2nc(C)c(C#N)cc2=O)cc1. The van der Waals surface area contributed by atoms with E-state index in [9.17, 15) is 4.79 Å². The van der Waals surface area contributed by atoms with Crippen molar-refractivity contribution in [2.24, 2.45) is 0 Å². The Hall–Kier alpha value is -2.61. The Morgan fingerprint density at radius 2 is 2.00 bits per heavy atom. The maximum absolute atomic E-state index is 11.8. The normalized spacial score (nSPS) is 9.83. The molecule has 1 aromatic carbocycles. The Kier molecular flexibility index (Phi) is 3.11. The number of nitrogens with zero attached hydrogens (tertiary/aromatic N) is 3. The van der Waals surface area contributed by atoms with Crippen LogP contribution in [-0.2, 0) is 0 Å². The molecule has 1 heterocycles. The van der Waals surface area contributed by atoms with Crippen molar-refractivity contribution in [2.45, 2.75) is 6.92 Å². The summed E-state index contributed by atoms with van der Waals surface area (Å²) in [5.74, 6) is 0.706. The molecule has 0 saturated carbocycles. The molecule has 0 N–H and O–H groups in total. The Balaban J connectivity index is 2.54. The number of ether oxygens (including phenoxy) is 1. The van der Waals surface area contributed by atoms with Gasteiger partial charge in [-0.25, -0.2) is 0 Å². The first kappa shape index (κ1) is 11.9. The Morgan fingerprint density at radius 1 is 1.33 bits per heavy atom. The van der Waals surface area contributed by atoms with Crippen molar-refractivity contribution in [2.75, 3.05) is 7.11 Å². The highest BCUT2D eigenvalue weighted by Gasteiger charge is 2.06. The Labute approximate surface area is 104 Å². The molecule has 0 fully saturated rings. The lowest BCUT2D eigenvalue weighted by atomic mass is 10.2. The van der Waals surface area contributed by atoms with Gasteiger partial charge in [0.1, 0.15) is 11.8 Å². The average molecular weight is 241 g/mol. The van der Waals surface area contributed by atoms with Crippen LogP contribution in [0.4, 0.5) is 0 Å². The average Bonchev–Trinajstić information content (AvgIpc) is 2.41. The summed E-state index contributed by atoms with van der Waals surface area (Å²) in [7, 11) is 1.57. The summed E-state index contributed by atoms with van der Waals surface area (Å²) in [5.41, 5.74) is 1.12.